The van der Waals surface area contributed by atoms with Crippen LogP contribution >= 0.6 is 27.5 Å². The lowest BCUT2D eigenvalue weighted by Gasteiger charge is -2.12. The summed E-state index contributed by atoms with van der Waals surface area (Å²) in [5.41, 5.74) is 1.07. The van der Waals surface area contributed by atoms with E-state index in [4.69, 9.17) is 21.1 Å². The van der Waals surface area contributed by atoms with E-state index in [0.717, 1.165) is 4.47 Å². The van der Waals surface area contributed by atoms with Crippen molar-refractivity contribution in [1.29, 1.82) is 0 Å². The summed E-state index contributed by atoms with van der Waals surface area (Å²) < 4.78 is 11.2. The Balaban J connectivity index is 2.29. The molecule has 0 saturated heterocycles. The number of halogens is 2. The van der Waals surface area contributed by atoms with Crippen molar-refractivity contribution < 1.29 is 14.3 Å². The van der Waals surface area contributed by atoms with E-state index in [1.165, 1.54) is 20.3 Å². The number of hydrogen-bond acceptors (Lipinski definition) is 3. The molecule has 0 radical (unpaired) electrons. The Hall–Kier alpha value is -1.72. The normalized spacial score (nSPS) is 10.1. The van der Waals surface area contributed by atoms with E-state index < -0.39 is 0 Å². The quantitative estimate of drug-likeness (QED) is 0.869. The summed E-state index contributed by atoms with van der Waals surface area (Å²) in [6, 6.07) is 10.4. The number of nitrogens with one attached hydrogen (secondary N) is 1. The van der Waals surface area contributed by atoms with Crippen LogP contribution in [-0.4, -0.2) is 20.1 Å². The third-order valence-corrected chi connectivity index (χ3v) is 3.55. The topological polar surface area (TPSA) is 47.6 Å². The first kappa shape index (κ1) is 15.7. The molecule has 0 aliphatic rings. The Bertz CT molecular complexity index is 676. The second-order valence-electron chi connectivity index (χ2n) is 4.16. The van der Waals surface area contributed by atoms with Crippen LogP contribution in [0.3, 0.4) is 0 Å². The SMILES string of the molecule is COc1cc(C(=O)Nc2cccc(Br)c2)cc(Cl)c1OC. The van der Waals surface area contributed by atoms with Crippen LogP contribution in [-0.2, 0) is 0 Å². The lowest BCUT2D eigenvalue weighted by Crippen LogP contribution is -2.12. The summed E-state index contributed by atoms with van der Waals surface area (Å²) >= 11 is 9.45. The Morgan fingerprint density at radius 2 is 1.95 bits per heavy atom. The third kappa shape index (κ3) is 3.68. The molecule has 0 saturated carbocycles. The Morgan fingerprint density at radius 3 is 2.57 bits per heavy atom. The Kier molecular flexibility index (Phi) is 5.09. The van der Waals surface area contributed by atoms with Gasteiger partial charge in [-0.2, -0.15) is 0 Å². The van der Waals surface area contributed by atoms with Gasteiger partial charge < -0.3 is 14.8 Å². The fourth-order valence-corrected chi connectivity index (χ4v) is 2.51. The van der Waals surface area contributed by atoms with Crippen LogP contribution in [0.15, 0.2) is 40.9 Å². The number of hydrogen-bond donors (Lipinski definition) is 1. The van der Waals surface area contributed by atoms with Gasteiger partial charge in [-0.3, -0.25) is 4.79 Å². The number of carbonyl (C=O) groups is 1. The van der Waals surface area contributed by atoms with E-state index in [1.807, 2.05) is 12.1 Å². The summed E-state index contributed by atoms with van der Waals surface area (Å²) in [6.07, 6.45) is 0. The number of ether oxygens (including phenoxy) is 2. The zero-order valence-corrected chi connectivity index (χ0v) is 13.8. The second-order valence-corrected chi connectivity index (χ2v) is 5.48. The van der Waals surface area contributed by atoms with Gasteiger partial charge in [-0.15, -0.1) is 0 Å². The van der Waals surface area contributed by atoms with Gasteiger partial charge in [-0.1, -0.05) is 33.6 Å². The number of carbonyl (C=O) groups excluding carboxylic acids is 1. The third-order valence-electron chi connectivity index (χ3n) is 2.78. The molecule has 2 aromatic rings. The molecule has 0 aromatic heterocycles. The molecular formula is C15H13BrClNO3. The van der Waals surface area contributed by atoms with E-state index in [-0.39, 0.29) is 5.91 Å². The average molecular weight is 371 g/mol. The number of benzene rings is 2. The monoisotopic (exact) mass is 369 g/mol. The smallest absolute Gasteiger partial charge is 0.255 e. The number of methoxy groups -OCH3 is 2. The van der Waals surface area contributed by atoms with Gasteiger partial charge in [0, 0.05) is 15.7 Å². The van der Waals surface area contributed by atoms with Crippen molar-refractivity contribution in [2.75, 3.05) is 19.5 Å². The second kappa shape index (κ2) is 6.83. The molecule has 110 valence electrons. The van der Waals surface area contributed by atoms with Gasteiger partial charge >= 0.3 is 0 Å². The van der Waals surface area contributed by atoms with Gasteiger partial charge in [-0.05, 0) is 30.3 Å². The lowest BCUT2D eigenvalue weighted by atomic mass is 10.1. The number of amides is 1. The molecule has 0 atom stereocenters. The van der Waals surface area contributed by atoms with Crippen molar-refractivity contribution in [3.05, 3.63) is 51.5 Å². The average Bonchev–Trinajstić information content (AvgIpc) is 2.46. The van der Waals surface area contributed by atoms with Crippen LogP contribution in [0.2, 0.25) is 5.02 Å². The van der Waals surface area contributed by atoms with Crippen LogP contribution in [0.1, 0.15) is 10.4 Å². The van der Waals surface area contributed by atoms with Crippen LogP contribution in [0.25, 0.3) is 0 Å². The minimum absolute atomic E-state index is 0.282. The van der Waals surface area contributed by atoms with Crippen LogP contribution in [0, 0.1) is 0 Å². The van der Waals surface area contributed by atoms with Crippen molar-refractivity contribution in [2.24, 2.45) is 0 Å². The molecule has 0 unspecified atom stereocenters. The predicted molar refractivity (Wildman–Crippen MR) is 86.7 cm³/mol. The molecule has 0 heterocycles. The van der Waals surface area contributed by atoms with Crippen molar-refractivity contribution in [3.63, 3.8) is 0 Å². The molecule has 0 fully saturated rings. The number of anilines is 1. The van der Waals surface area contributed by atoms with Crippen LogP contribution in [0.5, 0.6) is 11.5 Å². The molecule has 21 heavy (non-hydrogen) atoms. The molecule has 0 aliphatic carbocycles. The highest BCUT2D eigenvalue weighted by Gasteiger charge is 2.15. The minimum atomic E-state index is -0.282. The minimum Gasteiger partial charge on any atom is -0.493 e. The van der Waals surface area contributed by atoms with Gasteiger partial charge in [0.2, 0.25) is 0 Å². The van der Waals surface area contributed by atoms with E-state index >= 15 is 0 Å². The fraction of sp³-hybridized carbons (Fsp3) is 0.133. The van der Waals surface area contributed by atoms with E-state index in [9.17, 15) is 4.79 Å². The zero-order chi connectivity index (χ0) is 15.4. The van der Waals surface area contributed by atoms with Gasteiger partial charge in [0.15, 0.2) is 11.5 Å². The Labute approximate surface area is 136 Å². The summed E-state index contributed by atoms with van der Waals surface area (Å²) in [7, 11) is 2.98. The molecular weight excluding hydrogens is 358 g/mol. The van der Waals surface area contributed by atoms with Crippen LogP contribution < -0.4 is 14.8 Å². The molecule has 0 spiro atoms. The molecule has 2 rings (SSSR count). The highest BCUT2D eigenvalue weighted by atomic mass is 79.9. The number of rotatable bonds is 4. The highest BCUT2D eigenvalue weighted by molar-refractivity contribution is 9.10. The summed E-state index contributed by atoms with van der Waals surface area (Å²) in [5, 5.41) is 3.11. The highest BCUT2D eigenvalue weighted by Crippen LogP contribution is 2.36. The molecule has 0 bridgehead atoms. The zero-order valence-electron chi connectivity index (χ0n) is 11.4. The van der Waals surface area contributed by atoms with Gasteiger partial charge in [0.05, 0.1) is 19.2 Å². The van der Waals surface area contributed by atoms with Gasteiger partial charge in [-0.25, -0.2) is 0 Å². The molecule has 6 heteroatoms. The van der Waals surface area contributed by atoms with Crippen LogP contribution in [0.4, 0.5) is 5.69 Å². The molecule has 4 nitrogen and oxygen atoms in total. The molecule has 1 N–H and O–H groups in total. The lowest BCUT2D eigenvalue weighted by molar-refractivity contribution is 0.102. The Morgan fingerprint density at radius 1 is 1.19 bits per heavy atom. The maximum absolute atomic E-state index is 12.3. The fourth-order valence-electron chi connectivity index (χ4n) is 1.82. The van der Waals surface area contributed by atoms with Crippen molar-refractivity contribution in [3.8, 4) is 11.5 Å². The summed E-state index contributed by atoms with van der Waals surface area (Å²) in [4.78, 5) is 12.3. The summed E-state index contributed by atoms with van der Waals surface area (Å²) in [5.74, 6) is 0.526. The molecule has 1 amide bonds. The molecule has 0 aliphatic heterocycles. The van der Waals surface area contributed by atoms with E-state index in [1.54, 1.807) is 18.2 Å². The first-order valence-corrected chi connectivity index (χ1v) is 7.20. The van der Waals surface area contributed by atoms with Gasteiger partial charge in [0.1, 0.15) is 0 Å². The van der Waals surface area contributed by atoms with Gasteiger partial charge in [0.25, 0.3) is 5.91 Å². The maximum Gasteiger partial charge on any atom is 0.255 e. The molecule has 2 aromatic carbocycles. The first-order valence-electron chi connectivity index (χ1n) is 6.03. The standard InChI is InChI=1S/C15H13BrClNO3/c1-20-13-7-9(6-12(17)14(13)21-2)15(19)18-11-5-3-4-10(16)8-11/h3-8H,1-2H3,(H,18,19). The van der Waals surface area contributed by atoms with Crippen molar-refractivity contribution in [1.82, 2.24) is 0 Å². The largest absolute Gasteiger partial charge is 0.493 e. The van der Waals surface area contributed by atoms with Crippen molar-refractivity contribution in [2.45, 2.75) is 0 Å². The summed E-state index contributed by atoms with van der Waals surface area (Å²) in [6.45, 7) is 0. The maximum atomic E-state index is 12.3. The first-order chi connectivity index (χ1) is 10.0. The van der Waals surface area contributed by atoms with E-state index in [2.05, 4.69) is 21.2 Å². The van der Waals surface area contributed by atoms with Crippen molar-refractivity contribution >= 4 is 39.1 Å². The van der Waals surface area contributed by atoms with E-state index in [0.29, 0.717) is 27.8 Å². The predicted octanol–water partition coefficient (Wildman–Crippen LogP) is 4.37.